The quantitative estimate of drug-likeness (QED) is 0.416. The highest BCUT2D eigenvalue weighted by Gasteiger charge is 2.11. The van der Waals surface area contributed by atoms with Gasteiger partial charge in [0.15, 0.2) is 0 Å². The Morgan fingerprint density at radius 1 is 1.21 bits per heavy atom. The van der Waals surface area contributed by atoms with Crippen LogP contribution in [0.15, 0.2) is 47.6 Å². The smallest absolute Gasteiger partial charge is 0.271 e. The highest BCUT2D eigenvalue weighted by atomic mass is 35.5. The van der Waals surface area contributed by atoms with Gasteiger partial charge in [0.25, 0.3) is 11.6 Å². The van der Waals surface area contributed by atoms with Gasteiger partial charge in [0.05, 0.1) is 29.2 Å². The molecule has 2 aromatic carbocycles. The molecule has 0 saturated heterocycles. The fourth-order valence-corrected chi connectivity index (χ4v) is 2.30. The Balaban J connectivity index is 1.93. The number of hydrogen-bond acceptors (Lipinski definition) is 6. The van der Waals surface area contributed by atoms with E-state index in [1.54, 1.807) is 25.1 Å². The molecule has 28 heavy (non-hydrogen) atoms. The summed E-state index contributed by atoms with van der Waals surface area (Å²) in [6.45, 7) is 1.57. The average molecular weight is 405 g/mol. The first-order valence-electron chi connectivity index (χ1n) is 8.01. The molecule has 0 aliphatic carbocycles. The summed E-state index contributed by atoms with van der Waals surface area (Å²) in [5, 5.41) is 17.5. The molecule has 9 nitrogen and oxygen atoms in total. The standard InChI is InChI=1S/C18H17ClN4O5/c1-11(9-17(24)20-16-10-14(28-2)7-8-15(16)19)21-22-18(25)12-3-5-13(6-4-12)23(26)27/h3-8,10H,9H2,1-2H3,(H,20,24)(H,22,25)/b21-11-. The van der Waals surface area contributed by atoms with Crippen LogP contribution in [0.1, 0.15) is 23.7 Å². The lowest BCUT2D eigenvalue weighted by atomic mass is 10.2. The maximum atomic E-state index is 12.1. The number of benzene rings is 2. The number of nitro groups is 1. The molecule has 10 heteroatoms. The normalized spacial score (nSPS) is 10.9. The van der Waals surface area contributed by atoms with Gasteiger partial charge in [-0.25, -0.2) is 5.43 Å². The van der Waals surface area contributed by atoms with Crippen LogP contribution in [0.5, 0.6) is 5.75 Å². The van der Waals surface area contributed by atoms with Crippen LogP contribution in [-0.2, 0) is 4.79 Å². The van der Waals surface area contributed by atoms with E-state index in [1.165, 1.54) is 31.4 Å². The molecule has 146 valence electrons. The van der Waals surface area contributed by atoms with Gasteiger partial charge in [-0.1, -0.05) is 11.6 Å². The summed E-state index contributed by atoms with van der Waals surface area (Å²) in [5.74, 6) is -0.382. The predicted octanol–water partition coefficient (Wildman–Crippen LogP) is 3.39. The molecule has 0 fully saturated rings. The van der Waals surface area contributed by atoms with Crippen LogP contribution >= 0.6 is 11.6 Å². The average Bonchev–Trinajstić information content (AvgIpc) is 2.67. The molecule has 2 aromatic rings. The molecule has 0 aliphatic heterocycles. The number of anilines is 1. The molecule has 0 saturated carbocycles. The zero-order valence-corrected chi connectivity index (χ0v) is 15.8. The third kappa shape index (κ3) is 5.78. The van der Waals surface area contributed by atoms with E-state index in [0.717, 1.165) is 0 Å². The second-order valence-electron chi connectivity index (χ2n) is 5.66. The van der Waals surface area contributed by atoms with Crippen LogP contribution in [0, 0.1) is 10.1 Å². The van der Waals surface area contributed by atoms with E-state index in [4.69, 9.17) is 16.3 Å². The number of nitrogens with one attached hydrogen (secondary N) is 2. The Labute approximate surface area is 165 Å². The number of rotatable bonds is 7. The molecule has 2 rings (SSSR count). The first-order chi connectivity index (χ1) is 13.3. The van der Waals surface area contributed by atoms with Gasteiger partial charge in [-0.05, 0) is 31.2 Å². The highest BCUT2D eigenvalue weighted by molar-refractivity contribution is 6.33. The van der Waals surface area contributed by atoms with Crippen LogP contribution in [-0.4, -0.2) is 29.6 Å². The summed E-state index contributed by atoms with van der Waals surface area (Å²) in [7, 11) is 1.50. The van der Waals surface area contributed by atoms with Crippen LogP contribution in [0.25, 0.3) is 0 Å². The van der Waals surface area contributed by atoms with Crippen LogP contribution in [0.3, 0.4) is 0 Å². The summed E-state index contributed by atoms with van der Waals surface area (Å²) < 4.78 is 5.08. The van der Waals surface area contributed by atoms with Gasteiger partial charge in [0.1, 0.15) is 5.75 Å². The van der Waals surface area contributed by atoms with Crippen LogP contribution in [0.4, 0.5) is 11.4 Å². The Morgan fingerprint density at radius 3 is 2.50 bits per heavy atom. The molecule has 0 radical (unpaired) electrons. The van der Waals surface area contributed by atoms with Gasteiger partial charge in [-0.2, -0.15) is 5.10 Å². The van der Waals surface area contributed by atoms with Gasteiger partial charge >= 0.3 is 0 Å². The van der Waals surface area contributed by atoms with E-state index in [0.29, 0.717) is 22.2 Å². The molecular formula is C18H17ClN4O5. The van der Waals surface area contributed by atoms with E-state index in [9.17, 15) is 19.7 Å². The fraction of sp³-hybridized carbons (Fsp3) is 0.167. The summed E-state index contributed by atoms with van der Waals surface area (Å²) in [6.07, 6.45) is -0.0753. The van der Waals surface area contributed by atoms with Crippen molar-refractivity contribution in [2.75, 3.05) is 12.4 Å². The van der Waals surface area contributed by atoms with Crippen molar-refractivity contribution >= 4 is 40.5 Å². The highest BCUT2D eigenvalue weighted by Crippen LogP contribution is 2.26. The number of methoxy groups -OCH3 is 1. The molecule has 0 unspecified atom stereocenters. The van der Waals surface area contributed by atoms with Crippen molar-refractivity contribution < 1.29 is 19.2 Å². The van der Waals surface area contributed by atoms with Gasteiger partial charge in [-0.15, -0.1) is 0 Å². The third-order valence-corrected chi connectivity index (χ3v) is 3.88. The van der Waals surface area contributed by atoms with Crippen molar-refractivity contribution in [1.82, 2.24) is 5.43 Å². The number of non-ortho nitro benzene ring substituents is 1. The van der Waals surface area contributed by atoms with Crippen molar-refractivity contribution in [2.24, 2.45) is 5.10 Å². The van der Waals surface area contributed by atoms with Crippen molar-refractivity contribution in [1.29, 1.82) is 0 Å². The number of hydrazone groups is 1. The number of halogens is 1. The zero-order valence-electron chi connectivity index (χ0n) is 15.1. The largest absolute Gasteiger partial charge is 0.497 e. The van der Waals surface area contributed by atoms with Crippen LogP contribution < -0.4 is 15.5 Å². The minimum absolute atomic E-state index is 0.0753. The van der Waals surface area contributed by atoms with E-state index in [1.807, 2.05) is 0 Å². The number of ether oxygens (including phenoxy) is 1. The summed E-state index contributed by atoms with van der Waals surface area (Å²) in [5.41, 5.74) is 3.13. The number of carbonyl (C=O) groups excluding carboxylic acids is 2. The first kappa shape index (κ1) is 20.8. The minimum atomic E-state index is -0.558. The zero-order chi connectivity index (χ0) is 20.7. The van der Waals surface area contributed by atoms with Gasteiger partial charge < -0.3 is 10.1 Å². The Hall–Kier alpha value is -3.46. The van der Waals surface area contributed by atoms with Crippen LogP contribution in [0.2, 0.25) is 5.02 Å². The second kappa shape index (κ2) is 9.47. The lowest BCUT2D eigenvalue weighted by molar-refractivity contribution is -0.384. The lowest BCUT2D eigenvalue weighted by Gasteiger charge is -2.09. The fourth-order valence-electron chi connectivity index (χ4n) is 2.14. The molecule has 0 bridgehead atoms. The third-order valence-electron chi connectivity index (χ3n) is 3.55. The molecule has 2 N–H and O–H groups in total. The minimum Gasteiger partial charge on any atom is -0.497 e. The van der Waals surface area contributed by atoms with E-state index in [2.05, 4.69) is 15.8 Å². The number of nitro benzene ring substituents is 1. The molecule has 0 spiro atoms. The number of nitrogens with zero attached hydrogens (tertiary/aromatic N) is 2. The predicted molar refractivity (Wildman–Crippen MR) is 105 cm³/mol. The van der Waals surface area contributed by atoms with Gasteiger partial charge in [-0.3, -0.25) is 19.7 Å². The van der Waals surface area contributed by atoms with Crippen molar-refractivity contribution in [3.63, 3.8) is 0 Å². The van der Waals surface area contributed by atoms with Crippen molar-refractivity contribution in [3.8, 4) is 5.75 Å². The monoisotopic (exact) mass is 404 g/mol. The molecule has 0 heterocycles. The molecule has 0 aliphatic rings. The van der Waals surface area contributed by atoms with Crippen molar-refractivity contribution in [3.05, 3.63) is 63.2 Å². The molecule has 0 aromatic heterocycles. The number of hydrogen-bond donors (Lipinski definition) is 2. The lowest BCUT2D eigenvalue weighted by Crippen LogP contribution is -2.21. The van der Waals surface area contributed by atoms with E-state index in [-0.39, 0.29) is 23.6 Å². The summed E-state index contributed by atoms with van der Waals surface area (Å²) in [4.78, 5) is 34.2. The molecular weight excluding hydrogens is 388 g/mol. The topological polar surface area (TPSA) is 123 Å². The Bertz CT molecular complexity index is 928. The number of carbonyl (C=O) groups is 2. The first-order valence-corrected chi connectivity index (χ1v) is 8.39. The van der Waals surface area contributed by atoms with Gasteiger partial charge in [0, 0.05) is 29.5 Å². The maximum absolute atomic E-state index is 12.1. The van der Waals surface area contributed by atoms with Gasteiger partial charge in [0.2, 0.25) is 5.91 Å². The summed E-state index contributed by atoms with van der Waals surface area (Å²) in [6, 6.07) is 9.92. The van der Waals surface area contributed by atoms with E-state index < -0.39 is 10.8 Å². The SMILES string of the molecule is COc1ccc(Cl)c(NC(=O)C/C(C)=N\NC(=O)c2ccc([N+](=O)[O-])cc2)c1. The summed E-state index contributed by atoms with van der Waals surface area (Å²) >= 11 is 6.04. The Kier molecular flexibility index (Phi) is 7.05. The molecule has 0 atom stereocenters. The van der Waals surface area contributed by atoms with E-state index >= 15 is 0 Å². The number of amides is 2. The molecule has 2 amide bonds. The van der Waals surface area contributed by atoms with Crippen molar-refractivity contribution in [2.45, 2.75) is 13.3 Å². The Morgan fingerprint density at radius 2 is 1.89 bits per heavy atom. The maximum Gasteiger partial charge on any atom is 0.271 e. The second-order valence-corrected chi connectivity index (χ2v) is 6.07.